The fourth-order valence-corrected chi connectivity index (χ4v) is 2.37. The van der Waals surface area contributed by atoms with Gasteiger partial charge in [0.1, 0.15) is 5.82 Å². The van der Waals surface area contributed by atoms with E-state index in [2.05, 4.69) is 10.2 Å². The van der Waals surface area contributed by atoms with E-state index in [1.807, 2.05) is 0 Å². The molecule has 2 aromatic carbocycles. The smallest absolute Gasteiger partial charge is 0.335 e. The Hall–Kier alpha value is -3.48. The van der Waals surface area contributed by atoms with Crippen LogP contribution in [-0.2, 0) is 0 Å². The second kappa shape index (κ2) is 5.96. The lowest BCUT2D eigenvalue weighted by Gasteiger charge is -2.09. The Bertz CT molecular complexity index is 912. The Morgan fingerprint density at radius 1 is 0.833 bits per heavy atom. The number of hydrogen-bond donors (Lipinski definition) is 2. The van der Waals surface area contributed by atoms with E-state index in [0.717, 1.165) is 5.69 Å². The van der Waals surface area contributed by atoms with Crippen LogP contribution in [0.3, 0.4) is 0 Å². The summed E-state index contributed by atoms with van der Waals surface area (Å²) in [7, 11) is 0. The second-order valence-electron chi connectivity index (χ2n) is 5.14. The molecular formula is C17H13N3O4. The number of nitrogens with zero attached hydrogens (tertiary/aromatic N) is 3. The predicted octanol–water partition coefficient (Wildman–Crippen LogP) is 2.64. The molecular weight excluding hydrogens is 310 g/mol. The molecule has 1 heterocycles. The lowest BCUT2D eigenvalue weighted by Crippen LogP contribution is -2.02. The maximum Gasteiger partial charge on any atom is 0.335 e. The molecule has 0 saturated carbocycles. The summed E-state index contributed by atoms with van der Waals surface area (Å²) >= 11 is 0. The van der Waals surface area contributed by atoms with Crippen molar-refractivity contribution < 1.29 is 19.8 Å². The Morgan fingerprint density at radius 2 is 1.33 bits per heavy atom. The van der Waals surface area contributed by atoms with E-state index in [-0.39, 0.29) is 11.1 Å². The first-order chi connectivity index (χ1) is 11.5. The minimum absolute atomic E-state index is 0.187. The van der Waals surface area contributed by atoms with E-state index < -0.39 is 11.9 Å². The second-order valence-corrected chi connectivity index (χ2v) is 5.14. The van der Waals surface area contributed by atoms with Crippen LogP contribution >= 0.6 is 0 Å². The molecule has 7 heteroatoms. The topological polar surface area (TPSA) is 105 Å². The van der Waals surface area contributed by atoms with Crippen molar-refractivity contribution in [3.63, 3.8) is 0 Å². The molecule has 0 atom stereocenters. The molecule has 2 N–H and O–H groups in total. The number of rotatable bonds is 4. The third-order valence-corrected chi connectivity index (χ3v) is 3.59. The van der Waals surface area contributed by atoms with Gasteiger partial charge < -0.3 is 10.2 Å². The van der Waals surface area contributed by atoms with Gasteiger partial charge in [0.15, 0.2) is 5.82 Å². The number of benzene rings is 2. The van der Waals surface area contributed by atoms with E-state index in [1.165, 1.54) is 24.3 Å². The van der Waals surface area contributed by atoms with Crippen molar-refractivity contribution in [2.24, 2.45) is 0 Å². The van der Waals surface area contributed by atoms with Crippen LogP contribution in [0.4, 0.5) is 0 Å². The minimum atomic E-state index is -0.997. The molecule has 1 aromatic heterocycles. The highest BCUT2D eigenvalue weighted by Crippen LogP contribution is 2.23. The lowest BCUT2D eigenvalue weighted by atomic mass is 10.1. The third-order valence-electron chi connectivity index (χ3n) is 3.59. The van der Waals surface area contributed by atoms with Gasteiger partial charge in [-0.15, -0.1) is 10.2 Å². The van der Waals surface area contributed by atoms with Crippen molar-refractivity contribution in [1.82, 2.24) is 14.8 Å². The zero-order chi connectivity index (χ0) is 17.3. The van der Waals surface area contributed by atoms with Crippen LogP contribution in [0.1, 0.15) is 26.5 Å². The summed E-state index contributed by atoms with van der Waals surface area (Å²) in [6, 6.07) is 12.7. The summed E-state index contributed by atoms with van der Waals surface area (Å²) in [5.41, 5.74) is 1.81. The summed E-state index contributed by atoms with van der Waals surface area (Å²) < 4.78 is 1.78. The van der Waals surface area contributed by atoms with Gasteiger partial charge in [0, 0.05) is 11.3 Å². The van der Waals surface area contributed by atoms with Crippen molar-refractivity contribution in [3.8, 4) is 17.1 Å². The number of carboxylic acid groups (broad SMARTS) is 2. The molecule has 0 saturated heterocycles. The molecule has 0 radical (unpaired) electrons. The zero-order valence-corrected chi connectivity index (χ0v) is 12.7. The SMILES string of the molecule is Cc1nnc(-c2ccc(C(=O)O)cc2)n1-c1ccc(C(=O)O)cc1. The summed E-state index contributed by atoms with van der Waals surface area (Å²) in [5.74, 6) is -0.808. The molecule has 0 aliphatic carbocycles. The first kappa shape index (κ1) is 15.4. The molecule has 0 amide bonds. The normalized spacial score (nSPS) is 10.5. The maximum absolute atomic E-state index is 11.0. The molecule has 0 aliphatic heterocycles. The summed E-state index contributed by atoms with van der Waals surface area (Å²) in [6.45, 7) is 1.78. The molecule has 0 aliphatic rings. The quantitative estimate of drug-likeness (QED) is 0.764. The minimum Gasteiger partial charge on any atom is -0.478 e. The van der Waals surface area contributed by atoms with Crippen LogP contribution < -0.4 is 0 Å². The molecule has 0 spiro atoms. The Morgan fingerprint density at radius 3 is 1.83 bits per heavy atom. The van der Waals surface area contributed by atoms with Crippen LogP contribution in [-0.4, -0.2) is 36.9 Å². The molecule has 0 fully saturated rings. The molecule has 3 aromatic rings. The number of carbonyl (C=O) groups is 2. The van der Waals surface area contributed by atoms with Gasteiger partial charge in [-0.2, -0.15) is 0 Å². The molecule has 7 nitrogen and oxygen atoms in total. The summed E-state index contributed by atoms with van der Waals surface area (Å²) in [6.07, 6.45) is 0. The number of carboxylic acids is 2. The van der Waals surface area contributed by atoms with Crippen LogP contribution in [0.15, 0.2) is 48.5 Å². The zero-order valence-electron chi connectivity index (χ0n) is 12.7. The van der Waals surface area contributed by atoms with Crippen molar-refractivity contribution in [3.05, 3.63) is 65.5 Å². The fourth-order valence-electron chi connectivity index (χ4n) is 2.37. The number of aromatic nitrogens is 3. The van der Waals surface area contributed by atoms with Gasteiger partial charge in [0.25, 0.3) is 0 Å². The summed E-state index contributed by atoms with van der Waals surface area (Å²) in [4.78, 5) is 21.9. The first-order valence-corrected chi connectivity index (χ1v) is 7.07. The van der Waals surface area contributed by atoms with E-state index in [9.17, 15) is 9.59 Å². The molecule has 120 valence electrons. The van der Waals surface area contributed by atoms with Gasteiger partial charge in [0.05, 0.1) is 11.1 Å². The molecule has 3 rings (SSSR count). The third kappa shape index (κ3) is 2.74. The Labute approximate surface area is 136 Å². The molecule has 0 bridgehead atoms. The van der Waals surface area contributed by atoms with Gasteiger partial charge in [0.2, 0.25) is 0 Å². The van der Waals surface area contributed by atoms with Gasteiger partial charge in [-0.3, -0.25) is 4.57 Å². The highest BCUT2D eigenvalue weighted by Gasteiger charge is 2.14. The van der Waals surface area contributed by atoms with Crippen LogP contribution in [0.25, 0.3) is 17.1 Å². The predicted molar refractivity (Wildman–Crippen MR) is 85.5 cm³/mol. The average molecular weight is 323 g/mol. The van der Waals surface area contributed by atoms with Crippen molar-refractivity contribution in [1.29, 1.82) is 0 Å². The maximum atomic E-state index is 11.0. The van der Waals surface area contributed by atoms with E-state index in [1.54, 1.807) is 35.8 Å². The van der Waals surface area contributed by atoms with Crippen LogP contribution in [0.5, 0.6) is 0 Å². The number of aryl methyl sites for hydroxylation is 1. The summed E-state index contributed by atoms with van der Waals surface area (Å²) in [5, 5.41) is 26.2. The molecule has 24 heavy (non-hydrogen) atoms. The fraction of sp³-hybridized carbons (Fsp3) is 0.0588. The Balaban J connectivity index is 2.05. The highest BCUT2D eigenvalue weighted by molar-refractivity contribution is 5.88. The lowest BCUT2D eigenvalue weighted by molar-refractivity contribution is 0.0686. The standard InChI is InChI=1S/C17H13N3O4/c1-10-18-19-15(11-2-4-12(5-3-11)16(21)22)20(10)14-8-6-13(7-9-14)17(23)24/h2-9H,1H3,(H,21,22)(H,23,24). The van der Waals surface area contributed by atoms with Gasteiger partial charge in [-0.05, 0) is 43.3 Å². The van der Waals surface area contributed by atoms with Gasteiger partial charge >= 0.3 is 11.9 Å². The van der Waals surface area contributed by atoms with Crippen molar-refractivity contribution in [2.45, 2.75) is 6.92 Å². The first-order valence-electron chi connectivity index (χ1n) is 7.07. The monoisotopic (exact) mass is 323 g/mol. The average Bonchev–Trinajstić information content (AvgIpc) is 2.96. The Kier molecular flexibility index (Phi) is 3.83. The van der Waals surface area contributed by atoms with E-state index >= 15 is 0 Å². The van der Waals surface area contributed by atoms with Gasteiger partial charge in [-0.25, -0.2) is 9.59 Å². The molecule has 0 unspecified atom stereocenters. The van der Waals surface area contributed by atoms with E-state index in [4.69, 9.17) is 10.2 Å². The number of hydrogen-bond acceptors (Lipinski definition) is 4. The van der Waals surface area contributed by atoms with Crippen molar-refractivity contribution >= 4 is 11.9 Å². The largest absolute Gasteiger partial charge is 0.478 e. The number of aromatic carboxylic acids is 2. The van der Waals surface area contributed by atoms with Crippen LogP contribution in [0, 0.1) is 6.92 Å². The van der Waals surface area contributed by atoms with Crippen molar-refractivity contribution in [2.75, 3.05) is 0 Å². The highest BCUT2D eigenvalue weighted by atomic mass is 16.4. The van der Waals surface area contributed by atoms with E-state index in [0.29, 0.717) is 17.2 Å². The van der Waals surface area contributed by atoms with Gasteiger partial charge in [-0.1, -0.05) is 12.1 Å². The van der Waals surface area contributed by atoms with Crippen LogP contribution in [0.2, 0.25) is 0 Å².